The monoisotopic (exact) mass is 716 g/mol. The summed E-state index contributed by atoms with van der Waals surface area (Å²) in [6, 6.07) is 5.80. The summed E-state index contributed by atoms with van der Waals surface area (Å²) in [5.74, 6) is -2.25. The Bertz CT molecular complexity index is 1420. The van der Waals surface area contributed by atoms with E-state index in [4.69, 9.17) is 23.7 Å². The number of ketones is 1. The van der Waals surface area contributed by atoms with Gasteiger partial charge in [-0.15, -0.1) is 0 Å². The number of phenolic OH excluding ortho intramolecular Hbond substituents is 1. The summed E-state index contributed by atoms with van der Waals surface area (Å²) < 4.78 is 31.3. The molecule has 12 nitrogen and oxygen atoms in total. The Morgan fingerprint density at radius 3 is 2.29 bits per heavy atom. The lowest BCUT2D eigenvalue weighted by molar-refractivity contribution is -0.294. The van der Waals surface area contributed by atoms with Crippen LogP contribution in [-0.2, 0) is 39.7 Å². The van der Waals surface area contributed by atoms with Crippen molar-refractivity contribution in [3.8, 4) is 5.75 Å². The summed E-state index contributed by atoms with van der Waals surface area (Å²) in [4.78, 5) is 45.6. The zero-order chi connectivity index (χ0) is 38.0. The van der Waals surface area contributed by atoms with Gasteiger partial charge < -0.3 is 38.8 Å². The van der Waals surface area contributed by atoms with Crippen LogP contribution in [0.3, 0.4) is 0 Å². The molecule has 3 aliphatic heterocycles. The van der Waals surface area contributed by atoms with Crippen LogP contribution in [-0.4, -0.2) is 120 Å². The summed E-state index contributed by atoms with van der Waals surface area (Å²) in [5, 5.41) is 21.1. The molecule has 0 spiro atoms. The number of hydrogen-bond acceptors (Lipinski definition) is 11. The number of rotatable bonds is 8. The number of aliphatic hydroxyl groups excluding tert-OH is 1. The lowest BCUT2D eigenvalue weighted by Crippen LogP contribution is -2.59. The van der Waals surface area contributed by atoms with Crippen LogP contribution in [0.1, 0.15) is 80.2 Å². The highest BCUT2D eigenvalue weighted by Gasteiger charge is 2.60. The van der Waals surface area contributed by atoms with Crippen molar-refractivity contribution in [1.82, 2.24) is 9.80 Å². The number of esters is 1. The molecular formula is C39H60N2O10. The molecule has 2 fully saturated rings. The van der Waals surface area contributed by atoms with Crippen LogP contribution >= 0.6 is 0 Å². The van der Waals surface area contributed by atoms with E-state index in [-0.39, 0.29) is 36.6 Å². The number of likely N-dealkylation sites (N-methyl/N-ethyl adjacent to an activating group) is 1. The molecule has 2 saturated heterocycles. The molecule has 286 valence electrons. The minimum atomic E-state index is -1.33. The molecule has 0 aliphatic carbocycles. The van der Waals surface area contributed by atoms with Gasteiger partial charge in [-0.1, -0.05) is 45.9 Å². The summed E-state index contributed by atoms with van der Waals surface area (Å²) in [7, 11) is 5.38. The predicted molar refractivity (Wildman–Crippen MR) is 191 cm³/mol. The van der Waals surface area contributed by atoms with Crippen LogP contribution < -0.4 is 0 Å². The number of aliphatic hydroxyl groups is 1. The quantitative estimate of drug-likeness (QED) is 0.356. The lowest BCUT2D eigenvalue weighted by atomic mass is 9.74. The van der Waals surface area contributed by atoms with Crippen LogP contribution in [0.15, 0.2) is 35.9 Å². The number of carbonyl (C=O) groups excluding carboxylic acids is 3. The highest BCUT2D eigenvalue weighted by Crippen LogP contribution is 2.43. The number of nitrogens with zero attached hydrogens (tertiary/aromatic N) is 2. The highest BCUT2D eigenvalue weighted by atomic mass is 16.7. The molecular weight excluding hydrogens is 656 g/mol. The van der Waals surface area contributed by atoms with Crippen LogP contribution in [0.25, 0.3) is 0 Å². The summed E-state index contributed by atoms with van der Waals surface area (Å²) >= 11 is 0. The maximum absolute atomic E-state index is 14.6. The number of Topliss-reactive ketones (excluding diaryl/α,β-unsaturated/α-hetero) is 1. The maximum atomic E-state index is 14.6. The molecule has 0 aromatic heterocycles. The molecule has 12 atom stereocenters. The molecule has 4 rings (SSSR count). The van der Waals surface area contributed by atoms with Gasteiger partial charge in [0.25, 0.3) is 0 Å². The van der Waals surface area contributed by atoms with E-state index in [1.165, 1.54) is 0 Å². The Morgan fingerprint density at radius 2 is 1.71 bits per heavy atom. The number of hydrogen-bond donors (Lipinski definition) is 2. The second kappa shape index (κ2) is 16.3. The third-order valence-electron chi connectivity index (χ3n) is 11.4. The standard InChI is InChI=1S/C39H60N2O10/c1-12-30-39(8)33(41(37(46)51-39)18-17-27-13-15-28(42)16-14-27)26(6)31(43)24(4)21-38(7,47-11)34(22(2)19-23(3)35(45)49-30)50-36-32(44)29(40(9)10)20-25(5)48-36/h13-16,19,22,24-26,29-30,32-34,36,42,44H,12,17-18,20-21H2,1-11H3/b23-19+/t22-,24+,25+,26-,29-,30+,32+,33+,34+,36-,38+,39+/m0/s1. The van der Waals surface area contributed by atoms with Gasteiger partial charge in [0, 0.05) is 43.0 Å². The van der Waals surface area contributed by atoms with Crippen molar-refractivity contribution in [1.29, 1.82) is 0 Å². The Balaban J connectivity index is 1.76. The molecule has 12 heteroatoms. The SMILES string of the molecule is CC[C@H]1OC(=O)/C(C)=C/[C@H](C)[C@@H](O[C@@H]2O[C@H](C)C[C@H](N(C)C)[C@H]2O)[C@](C)(OC)C[C@@H](C)C(=O)[C@H](C)[C@H]2N(CCc3ccc(O)cc3)C(=O)O[C@]12C. The fourth-order valence-corrected chi connectivity index (χ4v) is 8.52. The number of aromatic hydroxyl groups is 1. The largest absolute Gasteiger partial charge is 0.508 e. The number of phenols is 1. The number of benzene rings is 1. The summed E-state index contributed by atoms with van der Waals surface area (Å²) in [6.07, 6.45) is -0.875. The second-order valence-corrected chi connectivity index (χ2v) is 15.6. The number of fused-ring (bicyclic) bond motifs is 1. The topological polar surface area (TPSA) is 144 Å². The van der Waals surface area contributed by atoms with E-state index in [0.717, 1.165) is 5.56 Å². The van der Waals surface area contributed by atoms with Gasteiger partial charge in [0.1, 0.15) is 23.7 Å². The van der Waals surface area contributed by atoms with Crippen molar-refractivity contribution in [2.45, 2.75) is 135 Å². The van der Waals surface area contributed by atoms with Gasteiger partial charge in [0.15, 0.2) is 11.9 Å². The average Bonchev–Trinajstić information content (AvgIpc) is 3.34. The highest BCUT2D eigenvalue weighted by molar-refractivity contribution is 5.88. The molecule has 0 radical (unpaired) electrons. The third kappa shape index (κ3) is 8.62. The molecule has 1 amide bonds. The van der Waals surface area contributed by atoms with E-state index in [0.29, 0.717) is 24.8 Å². The van der Waals surface area contributed by atoms with E-state index < -0.39 is 71.7 Å². The third-order valence-corrected chi connectivity index (χ3v) is 11.4. The van der Waals surface area contributed by atoms with Gasteiger partial charge in [0.05, 0.1) is 23.9 Å². The van der Waals surface area contributed by atoms with Gasteiger partial charge in [-0.2, -0.15) is 0 Å². The molecule has 3 heterocycles. The Labute approximate surface area is 303 Å². The summed E-state index contributed by atoms with van der Waals surface area (Å²) in [5.41, 5.74) is -1.17. The molecule has 0 unspecified atom stereocenters. The van der Waals surface area contributed by atoms with E-state index >= 15 is 0 Å². The first-order valence-electron chi connectivity index (χ1n) is 18.3. The zero-order valence-corrected chi connectivity index (χ0v) is 32.3. The first kappa shape index (κ1) is 40.7. The van der Waals surface area contributed by atoms with Crippen molar-refractivity contribution < 1.29 is 48.3 Å². The Morgan fingerprint density at radius 1 is 1.06 bits per heavy atom. The smallest absolute Gasteiger partial charge is 0.410 e. The van der Waals surface area contributed by atoms with E-state index in [1.807, 2.05) is 53.6 Å². The van der Waals surface area contributed by atoms with Crippen molar-refractivity contribution in [3.05, 3.63) is 41.5 Å². The molecule has 3 aliphatic rings. The van der Waals surface area contributed by atoms with Crippen LogP contribution in [0, 0.1) is 17.8 Å². The van der Waals surface area contributed by atoms with Gasteiger partial charge >= 0.3 is 12.1 Å². The van der Waals surface area contributed by atoms with Crippen molar-refractivity contribution in [2.75, 3.05) is 27.7 Å². The van der Waals surface area contributed by atoms with Gasteiger partial charge in [-0.05, 0) is 85.2 Å². The molecule has 1 aromatic rings. The maximum Gasteiger partial charge on any atom is 0.410 e. The number of cyclic esters (lactones) is 1. The lowest BCUT2D eigenvalue weighted by Gasteiger charge is -2.47. The number of carbonyl (C=O) groups is 3. The predicted octanol–water partition coefficient (Wildman–Crippen LogP) is 4.88. The van der Waals surface area contributed by atoms with Crippen LogP contribution in [0.4, 0.5) is 4.79 Å². The number of ether oxygens (including phenoxy) is 5. The first-order chi connectivity index (χ1) is 23.9. The molecule has 0 saturated carbocycles. The van der Waals surface area contributed by atoms with Crippen LogP contribution in [0.5, 0.6) is 5.75 Å². The normalized spacial score (nSPS) is 39.5. The summed E-state index contributed by atoms with van der Waals surface area (Å²) in [6.45, 7) is 14.9. The minimum absolute atomic E-state index is 0.103. The minimum Gasteiger partial charge on any atom is -0.508 e. The fourth-order valence-electron chi connectivity index (χ4n) is 8.52. The molecule has 2 N–H and O–H groups in total. The van der Waals surface area contributed by atoms with E-state index in [1.54, 1.807) is 63.1 Å². The van der Waals surface area contributed by atoms with E-state index in [2.05, 4.69) is 0 Å². The van der Waals surface area contributed by atoms with Crippen LogP contribution in [0.2, 0.25) is 0 Å². The Hall–Kier alpha value is -3.03. The Kier molecular flexibility index (Phi) is 13.0. The molecule has 0 bridgehead atoms. The average molecular weight is 717 g/mol. The number of methoxy groups -OCH3 is 1. The second-order valence-electron chi connectivity index (χ2n) is 15.6. The van der Waals surface area contributed by atoms with Gasteiger partial charge in [-0.3, -0.25) is 9.69 Å². The molecule has 1 aromatic carbocycles. The van der Waals surface area contributed by atoms with Crippen molar-refractivity contribution in [3.63, 3.8) is 0 Å². The van der Waals surface area contributed by atoms with Crippen molar-refractivity contribution >= 4 is 17.8 Å². The zero-order valence-electron chi connectivity index (χ0n) is 32.3. The first-order valence-corrected chi connectivity index (χ1v) is 18.3. The van der Waals surface area contributed by atoms with E-state index in [9.17, 15) is 24.6 Å². The number of amides is 1. The van der Waals surface area contributed by atoms with Gasteiger partial charge in [0.2, 0.25) is 0 Å². The molecule has 51 heavy (non-hydrogen) atoms. The van der Waals surface area contributed by atoms with Crippen molar-refractivity contribution in [2.24, 2.45) is 17.8 Å². The van der Waals surface area contributed by atoms with Gasteiger partial charge in [-0.25, -0.2) is 9.59 Å². The fraction of sp³-hybridized carbons (Fsp3) is 0.718.